The average Bonchev–Trinajstić information content (AvgIpc) is 3.50. The minimum absolute atomic E-state index is 0.00207. The first-order chi connectivity index (χ1) is 19.0. The van der Waals surface area contributed by atoms with Crippen LogP contribution in [0.25, 0.3) is 0 Å². The second-order valence-corrected chi connectivity index (χ2v) is 10.4. The summed E-state index contributed by atoms with van der Waals surface area (Å²) in [6.07, 6.45) is 1.05. The maximum atomic E-state index is 13.8. The molecule has 0 amide bonds. The van der Waals surface area contributed by atoms with Gasteiger partial charge in [0, 0.05) is 39.7 Å². The van der Waals surface area contributed by atoms with E-state index in [4.69, 9.17) is 18.9 Å². The number of ketones is 1. The quantitative estimate of drug-likeness (QED) is 0.271. The molecule has 0 saturated carbocycles. The maximum Gasteiger partial charge on any atom is 0.336 e. The van der Waals surface area contributed by atoms with Gasteiger partial charge in [-0.25, -0.2) is 4.79 Å². The van der Waals surface area contributed by atoms with E-state index in [0.29, 0.717) is 52.5 Å². The number of hydrogen-bond acceptors (Lipinski definition) is 8. The van der Waals surface area contributed by atoms with Gasteiger partial charge < -0.3 is 24.3 Å². The number of carbonyl (C=O) groups is 2. The molecule has 2 atom stereocenters. The van der Waals surface area contributed by atoms with Crippen molar-refractivity contribution in [2.45, 2.75) is 31.6 Å². The molecular weight excluding hydrogens is 514 g/mol. The summed E-state index contributed by atoms with van der Waals surface area (Å²) in [5.74, 6) is 0.790. The SMILES string of the molecule is COc1ccc(OC)c(C2C(C(=O)OCCOc3ccccc3)=C(C)NC3=C2C(=O)CC(c2cccs2)C3)c1. The topological polar surface area (TPSA) is 83.1 Å². The number of rotatable bonds is 9. The number of nitrogens with one attached hydrogen (secondary N) is 1. The van der Waals surface area contributed by atoms with E-state index in [2.05, 4.69) is 11.4 Å². The Morgan fingerprint density at radius 1 is 0.974 bits per heavy atom. The summed E-state index contributed by atoms with van der Waals surface area (Å²) < 4.78 is 22.6. The number of para-hydroxylation sites is 1. The first kappa shape index (κ1) is 26.6. The predicted molar refractivity (Wildman–Crippen MR) is 149 cm³/mol. The number of methoxy groups -OCH3 is 2. The lowest BCUT2D eigenvalue weighted by molar-refractivity contribution is -0.140. The van der Waals surface area contributed by atoms with Gasteiger partial charge in [-0.2, -0.15) is 0 Å². The number of ether oxygens (including phenoxy) is 4. The van der Waals surface area contributed by atoms with Crippen LogP contribution in [0.5, 0.6) is 17.2 Å². The molecule has 0 bridgehead atoms. The van der Waals surface area contributed by atoms with Gasteiger partial charge in [0.05, 0.1) is 25.7 Å². The fourth-order valence-electron chi connectivity index (χ4n) is 5.30. The van der Waals surface area contributed by atoms with Crippen LogP contribution in [0.2, 0.25) is 0 Å². The highest BCUT2D eigenvalue weighted by molar-refractivity contribution is 7.10. The molecule has 1 N–H and O–H groups in total. The van der Waals surface area contributed by atoms with Crippen LogP contribution >= 0.6 is 11.3 Å². The Kier molecular flexibility index (Phi) is 8.02. The third-order valence-electron chi connectivity index (χ3n) is 7.07. The van der Waals surface area contributed by atoms with Crippen molar-refractivity contribution in [3.8, 4) is 17.2 Å². The molecule has 1 aliphatic carbocycles. The van der Waals surface area contributed by atoms with Gasteiger partial charge in [-0.1, -0.05) is 24.3 Å². The summed E-state index contributed by atoms with van der Waals surface area (Å²) in [6.45, 7) is 2.12. The smallest absolute Gasteiger partial charge is 0.336 e. The number of benzene rings is 2. The summed E-state index contributed by atoms with van der Waals surface area (Å²) in [5, 5.41) is 5.42. The summed E-state index contributed by atoms with van der Waals surface area (Å²) in [4.78, 5) is 28.6. The highest BCUT2D eigenvalue weighted by Gasteiger charge is 2.42. The minimum Gasteiger partial charge on any atom is -0.497 e. The summed E-state index contributed by atoms with van der Waals surface area (Å²) in [6, 6.07) is 18.9. The van der Waals surface area contributed by atoms with Gasteiger partial charge >= 0.3 is 5.97 Å². The normalized spacial score (nSPS) is 18.8. The monoisotopic (exact) mass is 545 g/mol. The summed E-state index contributed by atoms with van der Waals surface area (Å²) in [5.41, 5.74) is 3.12. The number of dihydropyridines is 1. The van der Waals surface area contributed by atoms with E-state index in [1.54, 1.807) is 37.7 Å². The zero-order valence-electron chi connectivity index (χ0n) is 22.2. The molecule has 39 heavy (non-hydrogen) atoms. The van der Waals surface area contributed by atoms with Crippen LogP contribution in [0.4, 0.5) is 0 Å². The number of esters is 1. The largest absolute Gasteiger partial charge is 0.497 e. The van der Waals surface area contributed by atoms with Crippen LogP contribution in [0.1, 0.15) is 42.0 Å². The standard InChI is InChI=1S/C31H31NO6S/c1-19-28(31(34)38-14-13-37-21-8-5-4-6-9-21)29(23-18-22(35-2)11-12-26(23)36-3)30-24(32-19)16-20(17-25(30)33)27-10-7-15-39-27/h4-12,15,18,20,29,32H,13-14,16-17H2,1-3H3. The maximum absolute atomic E-state index is 13.8. The predicted octanol–water partition coefficient (Wildman–Crippen LogP) is 5.75. The first-order valence-electron chi connectivity index (χ1n) is 12.8. The number of hydrogen-bond donors (Lipinski definition) is 1. The fraction of sp³-hybridized carbons (Fsp3) is 0.290. The molecule has 1 aromatic heterocycles. The van der Waals surface area contributed by atoms with Crippen LogP contribution in [-0.4, -0.2) is 39.2 Å². The molecule has 0 saturated heterocycles. The van der Waals surface area contributed by atoms with Gasteiger partial charge in [-0.3, -0.25) is 4.79 Å². The van der Waals surface area contributed by atoms with Crippen molar-refractivity contribution in [1.29, 1.82) is 0 Å². The Morgan fingerprint density at radius 2 is 1.79 bits per heavy atom. The first-order valence-corrected chi connectivity index (χ1v) is 13.7. The van der Waals surface area contributed by atoms with Crippen molar-refractivity contribution >= 4 is 23.1 Å². The van der Waals surface area contributed by atoms with E-state index < -0.39 is 11.9 Å². The molecule has 2 heterocycles. The van der Waals surface area contributed by atoms with E-state index in [0.717, 1.165) is 5.70 Å². The molecule has 7 nitrogen and oxygen atoms in total. The van der Waals surface area contributed by atoms with Crippen LogP contribution in [0, 0.1) is 0 Å². The van der Waals surface area contributed by atoms with Crippen molar-refractivity contribution in [2.75, 3.05) is 27.4 Å². The van der Waals surface area contributed by atoms with E-state index in [-0.39, 0.29) is 24.9 Å². The lowest BCUT2D eigenvalue weighted by Gasteiger charge is -2.36. The Bertz CT molecular complexity index is 1410. The van der Waals surface area contributed by atoms with E-state index in [9.17, 15) is 9.59 Å². The molecule has 0 radical (unpaired) electrons. The molecule has 2 unspecified atom stereocenters. The van der Waals surface area contributed by atoms with Crippen molar-refractivity contribution in [3.05, 3.63) is 99.0 Å². The number of thiophene rings is 1. The Hall–Kier alpha value is -4.04. The van der Waals surface area contributed by atoms with E-state index in [1.165, 1.54) is 4.88 Å². The fourth-order valence-corrected chi connectivity index (χ4v) is 6.13. The zero-order chi connectivity index (χ0) is 27.4. The van der Waals surface area contributed by atoms with Crippen molar-refractivity contribution in [1.82, 2.24) is 5.32 Å². The highest BCUT2D eigenvalue weighted by Crippen LogP contribution is 2.48. The van der Waals surface area contributed by atoms with Crippen LogP contribution < -0.4 is 19.5 Å². The molecule has 0 spiro atoms. The average molecular weight is 546 g/mol. The zero-order valence-corrected chi connectivity index (χ0v) is 23.0. The molecule has 0 fully saturated rings. The number of carbonyl (C=O) groups excluding carboxylic acids is 2. The lowest BCUT2D eigenvalue weighted by Crippen LogP contribution is -2.36. The van der Waals surface area contributed by atoms with Crippen LogP contribution in [-0.2, 0) is 14.3 Å². The van der Waals surface area contributed by atoms with Gasteiger partial charge in [0.1, 0.15) is 30.5 Å². The highest BCUT2D eigenvalue weighted by atomic mass is 32.1. The van der Waals surface area contributed by atoms with Crippen molar-refractivity contribution < 1.29 is 28.5 Å². The molecule has 3 aromatic rings. The van der Waals surface area contributed by atoms with Crippen LogP contribution in [0.15, 0.2) is 88.6 Å². The second-order valence-electron chi connectivity index (χ2n) is 9.44. The lowest BCUT2D eigenvalue weighted by atomic mass is 9.72. The molecular formula is C31H31NO6S. The molecule has 8 heteroatoms. The van der Waals surface area contributed by atoms with E-state index >= 15 is 0 Å². The van der Waals surface area contributed by atoms with Crippen molar-refractivity contribution in [3.63, 3.8) is 0 Å². The van der Waals surface area contributed by atoms with Gasteiger partial charge in [-0.05, 0) is 55.1 Å². The second kappa shape index (κ2) is 11.8. The summed E-state index contributed by atoms with van der Waals surface area (Å²) >= 11 is 1.66. The third kappa shape index (κ3) is 5.56. The van der Waals surface area contributed by atoms with Gasteiger partial charge in [0.2, 0.25) is 0 Å². The number of Topliss-reactive ketones (excluding diaryl/α,β-unsaturated/α-hetero) is 1. The summed E-state index contributed by atoms with van der Waals surface area (Å²) in [7, 11) is 3.16. The molecule has 202 valence electrons. The minimum atomic E-state index is -0.661. The van der Waals surface area contributed by atoms with Crippen molar-refractivity contribution in [2.24, 2.45) is 0 Å². The Labute approximate surface area is 232 Å². The Balaban J connectivity index is 1.48. The third-order valence-corrected chi connectivity index (χ3v) is 8.10. The molecule has 5 rings (SSSR count). The Morgan fingerprint density at radius 3 is 2.51 bits per heavy atom. The van der Waals surface area contributed by atoms with Gasteiger partial charge in [0.15, 0.2) is 5.78 Å². The molecule has 1 aliphatic heterocycles. The molecule has 2 aromatic carbocycles. The number of allylic oxidation sites excluding steroid dienone is 3. The molecule has 2 aliphatic rings. The van der Waals surface area contributed by atoms with Gasteiger partial charge in [0.25, 0.3) is 0 Å². The van der Waals surface area contributed by atoms with Crippen LogP contribution in [0.3, 0.4) is 0 Å². The van der Waals surface area contributed by atoms with E-state index in [1.807, 2.05) is 54.8 Å². The van der Waals surface area contributed by atoms with Gasteiger partial charge in [-0.15, -0.1) is 11.3 Å².